The highest BCUT2D eigenvalue weighted by Gasteiger charge is 2.27. The van der Waals surface area contributed by atoms with Gasteiger partial charge < -0.3 is 9.64 Å². The second kappa shape index (κ2) is 4.35. The molecule has 4 nitrogen and oxygen atoms in total. The molecule has 1 aromatic rings. The fraction of sp³-hybridized carbons (Fsp3) is 0.333. The van der Waals surface area contributed by atoms with Crippen molar-refractivity contribution in [3.63, 3.8) is 0 Å². The van der Waals surface area contributed by atoms with Crippen LogP contribution in [0.3, 0.4) is 0 Å². The van der Waals surface area contributed by atoms with E-state index in [0.29, 0.717) is 18.7 Å². The van der Waals surface area contributed by atoms with E-state index in [2.05, 4.69) is 0 Å². The van der Waals surface area contributed by atoms with Crippen LogP contribution < -0.4 is 9.64 Å². The molecule has 84 valence electrons. The maximum Gasteiger partial charge on any atom is 0.294 e. The summed E-state index contributed by atoms with van der Waals surface area (Å²) in [6.07, 6.45) is 1.08. The molecule has 4 heteroatoms. The van der Waals surface area contributed by atoms with E-state index in [-0.39, 0.29) is 5.78 Å². The van der Waals surface area contributed by atoms with Gasteiger partial charge in [0.15, 0.2) is 0 Å². The first-order valence-corrected chi connectivity index (χ1v) is 5.21. The van der Waals surface area contributed by atoms with Gasteiger partial charge >= 0.3 is 0 Å². The zero-order chi connectivity index (χ0) is 11.5. The van der Waals surface area contributed by atoms with Gasteiger partial charge in [-0.25, -0.2) is 0 Å². The summed E-state index contributed by atoms with van der Waals surface area (Å²) in [5.74, 6) is -0.0445. The normalized spacial score (nSPS) is 16.4. The Labute approximate surface area is 93.8 Å². The molecule has 0 aliphatic carbocycles. The van der Waals surface area contributed by atoms with Gasteiger partial charge in [0.1, 0.15) is 5.75 Å². The van der Waals surface area contributed by atoms with Crippen molar-refractivity contribution in [2.45, 2.75) is 12.8 Å². The molecule has 1 amide bonds. The van der Waals surface area contributed by atoms with E-state index in [1.165, 1.54) is 4.90 Å². The topological polar surface area (TPSA) is 46.6 Å². The van der Waals surface area contributed by atoms with Crippen LogP contribution in [0.25, 0.3) is 0 Å². The summed E-state index contributed by atoms with van der Waals surface area (Å²) < 4.78 is 5.08. The largest absolute Gasteiger partial charge is 0.497 e. The van der Waals surface area contributed by atoms with Gasteiger partial charge in [-0.3, -0.25) is 9.59 Å². The molecule has 1 aliphatic heterocycles. The summed E-state index contributed by atoms with van der Waals surface area (Å²) in [5, 5.41) is 0. The van der Waals surface area contributed by atoms with Crippen molar-refractivity contribution in [2.75, 3.05) is 18.6 Å². The van der Waals surface area contributed by atoms with Crippen LogP contribution in [0.2, 0.25) is 0 Å². The summed E-state index contributed by atoms with van der Waals surface area (Å²) in [5.41, 5.74) is 0.720. The number of rotatable bonds is 2. The fourth-order valence-corrected chi connectivity index (χ4v) is 1.78. The molecule has 0 aromatic heterocycles. The number of ether oxygens (including phenoxy) is 1. The Bertz CT molecular complexity index is 428. The number of anilines is 1. The quantitative estimate of drug-likeness (QED) is 0.706. The summed E-state index contributed by atoms with van der Waals surface area (Å²) >= 11 is 0. The summed E-state index contributed by atoms with van der Waals surface area (Å²) in [7, 11) is 1.57. The first-order valence-electron chi connectivity index (χ1n) is 5.21. The van der Waals surface area contributed by atoms with Crippen LogP contribution in [0.1, 0.15) is 12.8 Å². The highest BCUT2D eigenvalue weighted by molar-refractivity contribution is 6.41. The molecular weight excluding hydrogens is 206 g/mol. The van der Waals surface area contributed by atoms with E-state index in [1.807, 2.05) is 0 Å². The Hall–Kier alpha value is -1.84. The predicted octanol–water partition coefficient (Wildman–Crippen LogP) is 1.39. The maximum absolute atomic E-state index is 11.7. The van der Waals surface area contributed by atoms with Crippen molar-refractivity contribution < 1.29 is 14.3 Å². The lowest BCUT2D eigenvalue weighted by atomic mass is 10.1. The Morgan fingerprint density at radius 2 is 2.12 bits per heavy atom. The molecule has 1 aromatic carbocycles. The molecule has 2 rings (SSSR count). The number of amides is 1. The number of carbonyl (C=O) groups excluding carboxylic acids is 2. The van der Waals surface area contributed by atoms with E-state index < -0.39 is 5.91 Å². The molecule has 0 atom stereocenters. The van der Waals surface area contributed by atoms with E-state index >= 15 is 0 Å². The predicted molar refractivity (Wildman–Crippen MR) is 59.6 cm³/mol. The van der Waals surface area contributed by atoms with Gasteiger partial charge in [-0.2, -0.15) is 0 Å². The smallest absolute Gasteiger partial charge is 0.294 e. The molecule has 1 saturated heterocycles. The van der Waals surface area contributed by atoms with Gasteiger partial charge in [-0.1, -0.05) is 6.07 Å². The molecule has 0 unspecified atom stereocenters. The standard InChI is InChI=1S/C12H13NO3/c1-16-10-5-2-4-9(8-10)13-7-3-6-11(14)12(13)15/h2,4-5,8H,3,6-7H2,1H3. The molecule has 0 N–H and O–H groups in total. The lowest BCUT2D eigenvalue weighted by Crippen LogP contribution is -2.41. The number of methoxy groups -OCH3 is 1. The van der Waals surface area contributed by atoms with Gasteiger partial charge in [-0.05, 0) is 18.6 Å². The van der Waals surface area contributed by atoms with Crippen LogP contribution in [0.4, 0.5) is 5.69 Å². The third-order valence-corrected chi connectivity index (χ3v) is 2.63. The van der Waals surface area contributed by atoms with Crippen LogP contribution in [0.5, 0.6) is 5.75 Å². The minimum Gasteiger partial charge on any atom is -0.497 e. The van der Waals surface area contributed by atoms with Crippen molar-refractivity contribution >= 4 is 17.4 Å². The zero-order valence-electron chi connectivity index (χ0n) is 9.10. The van der Waals surface area contributed by atoms with Gasteiger partial charge in [0.2, 0.25) is 5.78 Å². The van der Waals surface area contributed by atoms with E-state index in [9.17, 15) is 9.59 Å². The molecule has 0 bridgehead atoms. The van der Waals surface area contributed by atoms with Gasteiger partial charge in [0.05, 0.1) is 7.11 Å². The number of benzene rings is 1. The number of nitrogens with zero attached hydrogens (tertiary/aromatic N) is 1. The van der Waals surface area contributed by atoms with Crippen molar-refractivity contribution in [1.29, 1.82) is 0 Å². The van der Waals surface area contributed by atoms with Crippen molar-refractivity contribution in [3.8, 4) is 5.75 Å². The minimum absolute atomic E-state index is 0.311. The van der Waals surface area contributed by atoms with Gasteiger partial charge in [0, 0.05) is 24.7 Å². The van der Waals surface area contributed by atoms with Gasteiger partial charge in [0.25, 0.3) is 5.91 Å². The van der Waals surface area contributed by atoms with Crippen LogP contribution in [0.15, 0.2) is 24.3 Å². The highest BCUT2D eigenvalue weighted by Crippen LogP contribution is 2.23. The summed E-state index contributed by atoms with van der Waals surface area (Å²) in [4.78, 5) is 24.5. The number of ketones is 1. The number of carbonyl (C=O) groups is 2. The van der Waals surface area contributed by atoms with Crippen molar-refractivity contribution in [1.82, 2.24) is 0 Å². The molecular formula is C12H13NO3. The van der Waals surface area contributed by atoms with Gasteiger partial charge in [-0.15, -0.1) is 0 Å². The van der Waals surface area contributed by atoms with Crippen LogP contribution in [-0.2, 0) is 9.59 Å². The van der Waals surface area contributed by atoms with Crippen molar-refractivity contribution in [3.05, 3.63) is 24.3 Å². The van der Waals surface area contributed by atoms with Crippen LogP contribution >= 0.6 is 0 Å². The molecule has 1 fully saturated rings. The number of piperidine rings is 1. The van der Waals surface area contributed by atoms with E-state index in [0.717, 1.165) is 12.1 Å². The third-order valence-electron chi connectivity index (χ3n) is 2.63. The minimum atomic E-state index is -0.417. The van der Waals surface area contributed by atoms with Crippen LogP contribution in [-0.4, -0.2) is 25.3 Å². The number of hydrogen-bond donors (Lipinski definition) is 0. The van der Waals surface area contributed by atoms with E-state index in [1.54, 1.807) is 31.4 Å². The Morgan fingerprint density at radius 1 is 1.31 bits per heavy atom. The average Bonchev–Trinajstić information content (AvgIpc) is 2.33. The molecule has 0 saturated carbocycles. The molecule has 0 radical (unpaired) electrons. The fourth-order valence-electron chi connectivity index (χ4n) is 1.78. The highest BCUT2D eigenvalue weighted by atomic mass is 16.5. The monoisotopic (exact) mass is 219 g/mol. The summed E-state index contributed by atoms with van der Waals surface area (Å²) in [6, 6.07) is 7.18. The zero-order valence-corrected chi connectivity index (χ0v) is 9.10. The SMILES string of the molecule is COc1cccc(N2CCCC(=O)C2=O)c1. The molecule has 16 heavy (non-hydrogen) atoms. The van der Waals surface area contributed by atoms with Crippen molar-refractivity contribution in [2.24, 2.45) is 0 Å². The van der Waals surface area contributed by atoms with E-state index in [4.69, 9.17) is 4.74 Å². The lowest BCUT2D eigenvalue weighted by Gasteiger charge is -2.25. The second-order valence-corrected chi connectivity index (χ2v) is 3.68. The average molecular weight is 219 g/mol. The molecule has 0 spiro atoms. The third kappa shape index (κ3) is 1.91. The molecule has 1 heterocycles. The molecule has 1 aliphatic rings. The first-order chi connectivity index (χ1) is 7.72. The Kier molecular flexibility index (Phi) is 2.90. The first kappa shape index (κ1) is 10.7. The Balaban J connectivity index is 2.28. The Morgan fingerprint density at radius 3 is 2.88 bits per heavy atom. The maximum atomic E-state index is 11.7. The lowest BCUT2D eigenvalue weighted by molar-refractivity contribution is -0.137. The number of Topliss-reactive ketones (excluding diaryl/α,β-unsaturated/α-hetero) is 1. The summed E-state index contributed by atoms with van der Waals surface area (Å²) in [6.45, 7) is 0.595. The number of hydrogen-bond acceptors (Lipinski definition) is 3. The van der Waals surface area contributed by atoms with Crippen LogP contribution in [0, 0.1) is 0 Å². The second-order valence-electron chi connectivity index (χ2n) is 3.68.